The number of hydrogen-bond acceptors (Lipinski definition) is 4. The summed E-state index contributed by atoms with van der Waals surface area (Å²) in [5.74, 6) is 1.56. The Labute approximate surface area is 166 Å². The van der Waals surface area contributed by atoms with Crippen LogP contribution in [0.25, 0.3) is 0 Å². The maximum Gasteiger partial charge on any atom is 0.191 e. The Morgan fingerprint density at radius 2 is 1.93 bits per heavy atom. The minimum absolute atomic E-state index is 0.166. The highest BCUT2D eigenvalue weighted by molar-refractivity contribution is 5.79. The molecule has 2 aromatic rings. The summed E-state index contributed by atoms with van der Waals surface area (Å²) in [6.45, 7) is 5.39. The zero-order valence-corrected chi connectivity index (χ0v) is 16.7. The minimum atomic E-state index is -0.166. The lowest BCUT2D eigenvalue weighted by Gasteiger charge is -2.33. The maximum absolute atomic E-state index is 13.7. The first-order valence-electron chi connectivity index (χ1n) is 9.72. The predicted octanol–water partition coefficient (Wildman–Crippen LogP) is 1.88. The van der Waals surface area contributed by atoms with E-state index < -0.39 is 0 Å². The van der Waals surface area contributed by atoms with Gasteiger partial charge < -0.3 is 20.4 Å². The van der Waals surface area contributed by atoms with Gasteiger partial charge in [0.05, 0.1) is 0 Å². The third-order valence-corrected chi connectivity index (χ3v) is 4.97. The van der Waals surface area contributed by atoms with Gasteiger partial charge in [-0.2, -0.15) is 0 Å². The van der Waals surface area contributed by atoms with Gasteiger partial charge in [-0.3, -0.25) is 4.99 Å². The number of aromatic nitrogens is 1. The second-order valence-corrected chi connectivity index (χ2v) is 7.01. The van der Waals surface area contributed by atoms with Crippen LogP contribution in [-0.4, -0.2) is 62.7 Å². The average molecular weight is 385 g/mol. The van der Waals surface area contributed by atoms with Gasteiger partial charge in [0, 0.05) is 52.5 Å². The van der Waals surface area contributed by atoms with Crippen molar-refractivity contribution in [3.8, 4) is 0 Å². The maximum atomic E-state index is 13.7. The van der Waals surface area contributed by atoms with Crippen molar-refractivity contribution >= 4 is 11.8 Å². The smallest absolute Gasteiger partial charge is 0.191 e. The van der Waals surface area contributed by atoms with E-state index in [1.807, 2.05) is 24.4 Å². The van der Waals surface area contributed by atoms with Crippen molar-refractivity contribution in [1.82, 2.24) is 20.5 Å². The van der Waals surface area contributed by atoms with Crippen LogP contribution < -0.4 is 15.5 Å². The van der Waals surface area contributed by atoms with Crippen LogP contribution in [0.1, 0.15) is 11.1 Å². The largest absolute Gasteiger partial charge is 0.356 e. The zero-order valence-electron chi connectivity index (χ0n) is 16.7. The minimum Gasteiger partial charge on any atom is -0.356 e. The average Bonchev–Trinajstić information content (AvgIpc) is 2.72. The van der Waals surface area contributed by atoms with Crippen molar-refractivity contribution in [3.05, 3.63) is 59.5 Å². The number of halogens is 1. The Kier molecular flexibility index (Phi) is 7.19. The molecule has 1 aromatic heterocycles. The van der Waals surface area contributed by atoms with E-state index in [9.17, 15) is 4.39 Å². The van der Waals surface area contributed by atoms with E-state index in [2.05, 4.69) is 43.5 Å². The summed E-state index contributed by atoms with van der Waals surface area (Å²) in [7, 11) is 3.89. The lowest BCUT2D eigenvalue weighted by Crippen LogP contribution is -2.44. The monoisotopic (exact) mass is 384 g/mol. The third-order valence-electron chi connectivity index (χ3n) is 4.97. The van der Waals surface area contributed by atoms with Crippen LogP contribution in [0.5, 0.6) is 0 Å². The van der Waals surface area contributed by atoms with E-state index in [4.69, 9.17) is 0 Å². The lowest BCUT2D eigenvalue weighted by atomic mass is 10.1. The molecule has 1 aromatic carbocycles. The topological polar surface area (TPSA) is 55.8 Å². The predicted molar refractivity (Wildman–Crippen MR) is 112 cm³/mol. The Morgan fingerprint density at radius 3 is 2.68 bits per heavy atom. The molecule has 1 aliphatic heterocycles. The quantitative estimate of drug-likeness (QED) is 0.588. The molecule has 1 fully saturated rings. The van der Waals surface area contributed by atoms with Crippen LogP contribution in [0, 0.1) is 5.82 Å². The third kappa shape index (κ3) is 5.66. The van der Waals surface area contributed by atoms with Crippen LogP contribution in [0.3, 0.4) is 0 Å². The van der Waals surface area contributed by atoms with Gasteiger partial charge in [0.1, 0.15) is 11.6 Å². The van der Waals surface area contributed by atoms with Gasteiger partial charge in [-0.1, -0.05) is 18.2 Å². The molecule has 0 unspecified atom stereocenters. The lowest BCUT2D eigenvalue weighted by molar-refractivity contribution is 0.312. The Bertz CT molecular complexity index is 786. The van der Waals surface area contributed by atoms with Gasteiger partial charge >= 0.3 is 0 Å². The van der Waals surface area contributed by atoms with Gasteiger partial charge in [-0.05, 0) is 42.8 Å². The van der Waals surface area contributed by atoms with Crippen molar-refractivity contribution in [2.24, 2.45) is 4.99 Å². The fraction of sp³-hybridized carbons (Fsp3) is 0.429. The Hall–Kier alpha value is -2.67. The number of piperazine rings is 1. The van der Waals surface area contributed by atoms with Crippen LogP contribution in [0.2, 0.25) is 0 Å². The van der Waals surface area contributed by atoms with E-state index in [0.29, 0.717) is 31.0 Å². The molecule has 0 amide bonds. The molecule has 7 heteroatoms. The Morgan fingerprint density at radius 1 is 1.14 bits per heavy atom. The highest BCUT2D eigenvalue weighted by atomic mass is 19.1. The van der Waals surface area contributed by atoms with Crippen LogP contribution >= 0.6 is 0 Å². The van der Waals surface area contributed by atoms with E-state index in [1.54, 1.807) is 13.1 Å². The molecule has 28 heavy (non-hydrogen) atoms. The number of likely N-dealkylation sites (N-methyl/N-ethyl adjacent to an activating group) is 1. The summed E-state index contributed by atoms with van der Waals surface area (Å²) in [6, 6.07) is 11.0. The number of hydrogen-bond donors (Lipinski definition) is 2. The molecule has 2 N–H and O–H groups in total. The van der Waals surface area contributed by atoms with E-state index >= 15 is 0 Å². The number of benzene rings is 1. The first kappa shape index (κ1) is 20.1. The fourth-order valence-corrected chi connectivity index (χ4v) is 3.20. The van der Waals surface area contributed by atoms with Gasteiger partial charge in [-0.25, -0.2) is 9.37 Å². The summed E-state index contributed by atoms with van der Waals surface area (Å²) in [4.78, 5) is 13.4. The van der Waals surface area contributed by atoms with Crippen LogP contribution in [0.4, 0.5) is 10.2 Å². The first-order chi connectivity index (χ1) is 13.7. The molecular formula is C21H29FN6. The summed E-state index contributed by atoms with van der Waals surface area (Å²) in [6.07, 6.45) is 2.47. The van der Waals surface area contributed by atoms with Crippen molar-refractivity contribution in [2.75, 3.05) is 51.7 Å². The SMILES string of the molecule is CN=C(NCCc1ccccc1F)NCc1ccnc(N2CCN(C)CC2)c1. The molecule has 0 radical (unpaired) electrons. The second-order valence-electron chi connectivity index (χ2n) is 7.01. The number of aliphatic imine (C=N–C) groups is 1. The van der Waals surface area contributed by atoms with Gasteiger partial charge in [0.2, 0.25) is 0 Å². The molecule has 150 valence electrons. The summed E-state index contributed by atoms with van der Waals surface area (Å²) in [5.41, 5.74) is 1.86. The highest BCUT2D eigenvalue weighted by Gasteiger charge is 2.15. The van der Waals surface area contributed by atoms with Crippen LogP contribution in [0.15, 0.2) is 47.6 Å². The number of pyridine rings is 1. The summed E-state index contributed by atoms with van der Waals surface area (Å²) < 4.78 is 13.7. The second kappa shape index (κ2) is 10.0. The normalized spacial score (nSPS) is 15.5. The fourth-order valence-electron chi connectivity index (χ4n) is 3.20. The molecule has 3 rings (SSSR count). The Balaban J connectivity index is 1.48. The number of nitrogens with zero attached hydrogens (tertiary/aromatic N) is 4. The van der Waals surface area contributed by atoms with E-state index in [-0.39, 0.29) is 5.82 Å². The molecule has 1 saturated heterocycles. The van der Waals surface area contributed by atoms with Crippen LogP contribution in [-0.2, 0) is 13.0 Å². The molecule has 0 saturated carbocycles. The summed E-state index contributed by atoms with van der Waals surface area (Å²) in [5, 5.41) is 6.55. The van der Waals surface area contributed by atoms with Crippen molar-refractivity contribution < 1.29 is 4.39 Å². The number of guanidine groups is 1. The molecule has 2 heterocycles. The molecule has 0 spiro atoms. The highest BCUT2D eigenvalue weighted by Crippen LogP contribution is 2.14. The number of nitrogens with one attached hydrogen (secondary N) is 2. The number of rotatable bonds is 6. The van der Waals surface area contributed by atoms with Crippen molar-refractivity contribution in [2.45, 2.75) is 13.0 Å². The van der Waals surface area contributed by atoms with Crippen molar-refractivity contribution in [1.29, 1.82) is 0 Å². The first-order valence-corrected chi connectivity index (χ1v) is 9.72. The molecule has 0 aliphatic carbocycles. The van der Waals surface area contributed by atoms with Gasteiger partial charge in [-0.15, -0.1) is 0 Å². The molecule has 6 nitrogen and oxygen atoms in total. The molecule has 0 bridgehead atoms. The summed E-state index contributed by atoms with van der Waals surface area (Å²) >= 11 is 0. The standard InChI is InChI=1S/C21H29FN6/c1-23-21(25-10-8-18-5-3-4-6-19(18)22)26-16-17-7-9-24-20(15-17)28-13-11-27(2)12-14-28/h3-7,9,15H,8,10-14,16H2,1-2H3,(H2,23,25,26). The molecule has 1 aliphatic rings. The molecular weight excluding hydrogens is 355 g/mol. The van der Waals surface area contributed by atoms with Gasteiger partial charge in [0.25, 0.3) is 0 Å². The van der Waals surface area contributed by atoms with E-state index in [0.717, 1.165) is 37.6 Å². The molecule has 0 atom stereocenters. The zero-order chi connectivity index (χ0) is 19.8. The number of anilines is 1. The van der Waals surface area contributed by atoms with Crippen molar-refractivity contribution in [3.63, 3.8) is 0 Å². The van der Waals surface area contributed by atoms with E-state index in [1.165, 1.54) is 6.07 Å². The van der Waals surface area contributed by atoms with Gasteiger partial charge in [0.15, 0.2) is 5.96 Å².